The Hall–Kier alpha value is -4.12. The summed E-state index contributed by atoms with van der Waals surface area (Å²) in [4.78, 5) is 35.3. The lowest BCUT2D eigenvalue weighted by Crippen LogP contribution is -2.14. The number of amides is 1. The maximum Gasteiger partial charge on any atom is 0.338 e. The highest BCUT2D eigenvalue weighted by Crippen LogP contribution is 2.13. The minimum absolute atomic E-state index is 0.156. The van der Waals surface area contributed by atoms with Crippen LogP contribution in [0.4, 0.5) is 11.4 Å². The van der Waals surface area contributed by atoms with Crippen molar-refractivity contribution in [1.29, 1.82) is 5.26 Å². The van der Waals surface area contributed by atoms with Crippen LogP contribution in [0.15, 0.2) is 60.3 Å². The van der Waals surface area contributed by atoms with Crippen molar-refractivity contribution in [2.45, 2.75) is 6.92 Å². The Morgan fingerprint density at radius 1 is 0.966 bits per heavy atom. The van der Waals surface area contributed by atoms with Crippen molar-refractivity contribution in [2.75, 3.05) is 24.4 Å². The number of carbonyl (C=O) groups is 3. The van der Waals surface area contributed by atoms with Gasteiger partial charge >= 0.3 is 11.9 Å². The van der Waals surface area contributed by atoms with Gasteiger partial charge in [-0.2, -0.15) is 5.26 Å². The van der Waals surface area contributed by atoms with Crippen molar-refractivity contribution in [3.8, 4) is 6.07 Å². The summed E-state index contributed by atoms with van der Waals surface area (Å²) in [6, 6.07) is 14.3. The summed E-state index contributed by atoms with van der Waals surface area (Å²) in [5.41, 5.74) is 1.59. The summed E-state index contributed by atoms with van der Waals surface area (Å²) in [7, 11) is 1.29. The van der Waals surface area contributed by atoms with Gasteiger partial charge in [-0.05, 0) is 55.5 Å². The highest BCUT2D eigenvalue weighted by Gasteiger charge is 2.11. The summed E-state index contributed by atoms with van der Waals surface area (Å²) in [6.07, 6.45) is 1.26. The van der Waals surface area contributed by atoms with E-state index >= 15 is 0 Å². The fourth-order valence-corrected chi connectivity index (χ4v) is 2.23. The number of nitrogens with one attached hydrogen (secondary N) is 2. The summed E-state index contributed by atoms with van der Waals surface area (Å²) in [5, 5.41) is 14.6. The molecule has 0 radical (unpaired) electrons. The van der Waals surface area contributed by atoms with Crippen molar-refractivity contribution < 1.29 is 23.9 Å². The second-order valence-electron chi connectivity index (χ2n) is 5.64. The minimum Gasteiger partial charge on any atom is -0.465 e. The van der Waals surface area contributed by atoms with Gasteiger partial charge in [-0.15, -0.1) is 0 Å². The monoisotopic (exact) mass is 393 g/mol. The molecule has 0 aromatic heterocycles. The molecule has 0 spiro atoms. The minimum atomic E-state index is -0.616. The van der Waals surface area contributed by atoms with Gasteiger partial charge in [0.15, 0.2) is 0 Å². The number of ether oxygens (including phenoxy) is 2. The molecule has 8 nitrogen and oxygen atoms in total. The van der Waals surface area contributed by atoms with E-state index in [0.717, 1.165) is 0 Å². The van der Waals surface area contributed by atoms with E-state index in [2.05, 4.69) is 15.4 Å². The highest BCUT2D eigenvalue weighted by molar-refractivity contribution is 6.07. The maximum atomic E-state index is 12.3. The van der Waals surface area contributed by atoms with E-state index in [1.807, 2.05) is 6.07 Å². The molecule has 0 bridgehead atoms. The number of rotatable bonds is 7. The normalized spacial score (nSPS) is 10.4. The summed E-state index contributed by atoms with van der Waals surface area (Å²) in [6.45, 7) is 1.98. The molecular formula is C21H19N3O5. The van der Waals surface area contributed by atoms with E-state index in [0.29, 0.717) is 22.5 Å². The Morgan fingerprint density at radius 3 is 2.03 bits per heavy atom. The van der Waals surface area contributed by atoms with Crippen molar-refractivity contribution in [2.24, 2.45) is 0 Å². The number of benzene rings is 2. The topological polar surface area (TPSA) is 118 Å². The summed E-state index contributed by atoms with van der Waals surface area (Å²) >= 11 is 0. The molecule has 29 heavy (non-hydrogen) atoms. The molecule has 0 saturated carbocycles. The maximum absolute atomic E-state index is 12.3. The zero-order valence-corrected chi connectivity index (χ0v) is 15.9. The van der Waals surface area contributed by atoms with Gasteiger partial charge in [-0.1, -0.05) is 0 Å². The average Bonchev–Trinajstić information content (AvgIpc) is 2.74. The van der Waals surface area contributed by atoms with Gasteiger partial charge in [0.1, 0.15) is 11.6 Å². The van der Waals surface area contributed by atoms with Gasteiger partial charge in [0, 0.05) is 17.6 Å². The third kappa shape index (κ3) is 5.94. The van der Waals surface area contributed by atoms with Crippen LogP contribution in [0.2, 0.25) is 0 Å². The molecule has 0 aliphatic heterocycles. The number of methoxy groups -OCH3 is 1. The van der Waals surface area contributed by atoms with E-state index in [4.69, 9.17) is 4.74 Å². The van der Waals surface area contributed by atoms with Gasteiger partial charge in [-0.25, -0.2) is 9.59 Å². The fourth-order valence-electron chi connectivity index (χ4n) is 2.23. The second kappa shape index (κ2) is 10.3. The standard InChI is InChI=1S/C21H19N3O5/c1-3-29-21(27)15-6-10-18(11-7-15)24-19(25)16(12-22)13-23-17-8-4-14(5-9-17)20(26)28-2/h4-11,13,23H,3H2,1-2H3,(H,24,25)/b16-13-. The van der Waals surface area contributed by atoms with Crippen LogP contribution in [0.5, 0.6) is 0 Å². The molecule has 0 unspecified atom stereocenters. The van der Waals surface area contributed by atoms with Gasteiger partial charge in [0.2, 0.25) is 0 Å². The van der Waals surface area contributed by atoms with Crippen LogP contribution in [0, 0.1) is 11.3 Å². The predicted octanol–water partition coefficient (Wildman–Crippen LogP) is 3.11. The molecule has 0 saturated heterocycles. The van der Waals surface area contributed by atoms with Crippen molar-refractivity contribution >= 4 is 29.2 Å². The van der Waals surface area contributed by atoms with Gasteiger partial charge in [-0.3, -0.25) is 4.79 Å². The average molecular weight is 393 g/mol. The molecule has 2 rings (SSSR count). The van der Waals surface area contributed by atoms with E-state index in [1.54, 1.807) is 31.2 Å². The van der Waals surface area contributed by atoms with E-state index in [9.17, 15) is 19.6 Å². The van der Waals surface area contributed by atoms with Crippen LogP contribution in [-0.2, 0) is 14.3 Å². The third-order valence-electron chi connectivity index (χ3n) is 3.71. The molecular weight excluding hydrogens is 374 g/mol. The van der Waals surface area contributed by atoms with Gasteiger partial charge in [0.05, 0.1) is 24.8 Å². The van der Waals surface area contributed by atoms with Crippen molar-refractivity contribution in [3.63, 3.8) is 0 Å². The van der Waals surface area contributed by atoms with E-state index < -0.39 is 17.8 Å². The lowest BCUT2D eigenvalue weighted by atomic mass is 10.2. The highest BCUT2D eigenvalue weighted by atomic mass is 16.5. The fraction of sp³-hybridized carbons (Fsp3) is 0.143. The smallest absolute Gasteiger partial charge is 0.338 e. The number of carbonyl (C=O) groups excluding carboxylic acids is 3. The molecule has 2 aromatic rings. The Bertz CT molecular complexity index is 957. The van der Waals surface area contributed by atoms with Crippen LogP contribution in [0.3, 0.4) is 0 Å². The van der Waals surface area contributed by atoms with Crippen LogP contribution in [0.1, 0.15) is 27.6 Å². The lowest BCUT2D eigenvalue weighted by Gasteiger charge is -2.07. The molecule has 0 atom stereocenters. The number of hydrogen-bond donors (Lipinski definition) is 2. The van der Waals surface area contributed by atoms with Gasteiger partial charge < -0.3 is 20.1 Å². The number of nitrogens with zero attached hydrogens (tertiary/aromatic N) is 1. The number of anilines is 2. The molecule has 0 aliphatic carbocycles. The first kappa shape index (κ1) is 21.2. The molecule has 0 fully saturated rings. The van der Waals surface area contributed by atoms with E-state index in [1.165, 1.54) is 37.6 Å². The molecule has 0 heterocycles. The molecule has 148 valence electrons. The Balaban J connectivity index is 2.02. The zero-order valence-electron chi connectivity index (χ0n) is 15.9. The first-order valence-corrected chi connectivity index (χ1v) is 8.62. The molecule has 0 aliphatic rings. The second-order valence-corrected chi connectivity index (χ2v) is 5.64. The summed E-state index contributed by atoms with van der Waals surface area (Å²) in [5.74, 6) is -1.53. The first-order valence-electron chi connectivity index (χ1n) is 8.62. The van der Waals surface area contributed by atoms with Crippen LogP contribution in [0.25, 0.3) is 0 Å². The van der Waals surface area contributed by atoms with Gasteiger partial charge in [0.25, 0.3) is 5.91 Å². The van der Waals surface area contributed by atoms with E-state index in [-0.39, 0.29) is 12.2 Å². The summed E-state index contributed by atoms with van der Waals surface area (Å²) < 4.78 is 9.51. The number of esters is 2. The largest absolute Gasteiger partial charge is 0.465 e. The molecule has 2 N–H and O–H groups in total. The Morgan fingerprint density at radius 2 is 1.52 bits per heavy atom. The zero-order chi connectivity index (χ0) is 21.2. The van der Waals surface area contributed by atoms with Crippen LogP contribution >= 0.6 is 0 Å². The quantitative estimate of drug-likeness (QED) is 0.421. The predicted molar refractivity (Wildman–Crippen MR) is 106 cm³/mol. The Labute approximate surface area is 167 Å². The molecule has 1 amide bonds. The van der Waals surface area contributed by atoms with Crippen molar-refractivity contribution in [3.05, 3.63) is 71.4 Å². The van der Waals surface area contributed by atoms with Crippen LogP contribution < -0.4 is 10.6 Å². The number of hydrogen-bond acceptors (Lipinski definition) is 7. The third-order valence-corrected chi connectivity index (χ3v) is 3.71. The van der Waals surface area contributed by atoms with Crippen LogP contribution in [-0.4, -0.2) is 31.6 Å². The number of nitriles is 1. The molecule has 2 aromatic carbocycles. The first-order chi connectivity index (χ1) is 14.0. The SMILES string of the molecule is CCOC(=O)c1ccc(NC(=O)/C(C#N)=C\Nc2ccc(C(=O)OC)cc2)cc1. The Kier molecular flexibility index (Phi) is 7.51. The van der Waals surface area contributed by atoms with Crippen molar-refractivity contribution in [1.82, 2.24) is 0 Å². The lowest BCUT2D eigenvalue weighted by molar-refractivity contribution is -0.112. The molecule has 8 heteroatoms.